The molecule has 22 heavy (non-hydrogen) atoms. The highest BCUT2D eigenvalue weighted by atomic mass is 32.2. The first kappa shape index (κ1) is 16.2. The molecule has 2 rings (SSSR count). The van der Waals surface area contributed by atoms with Crippen molar-refractivity contribution in [1.29, 1.82) is 0 Å². The monoisotopic (exact) mass is 322 g/mol. The number of nitrogens with one attached hydrogen (secondary N) is 2. The maximum Gasteiger partial charge on any atom is 0.240 e. The van der Waals surface area contributed by atoms with E-state index in [-0.39, 0.29) is 23.8 Å². The zero-order valence-corrected chi connectivity index (χ0v) is 13.2. The SMILES string of the molecule is Cc1ccc(S(=O)(=O)NCCC(=O)Nc2cnn(C)c2)cc1. The van der Waals surface area contributed by atoms with Gasteiger partial charge in [-0.25, -0.2) is 13.1 Å². The van der Waals surface area contributed by atoms with Crippen LogP contribution in [0.4, 0.5) is 5.69 Å². The number of benzene rings is 1. The summed E-state index contributed by atoms with van der Waals surface area (Å²) in [4.78, 5) is 11.9. The summed E-state index contributed by atoms with van der Waals surface area (Å²) >= 11 is 0. The lowest BCUT2D eigenvalue weighted by atomic mass is 10.2. The summed E-state index contributed by atoms with van der Waals surface area (Å²) in [5.74, 6) is -0.278. The summed E-state index contributed by atoms with van der Waals surface area (Å²) in [7, 11) is -1.85. The minimum absolute atomic E-state index is 0.0301. The molecule has 0 fully saturated rings. The molecule has 1 aromatic heterocycles. The fourth-order valence-electron chi connectivity index (χ4n) is 1.81. The normalized spacial score (nSPS) is 11.4. The van der Waals surface area contributed by atoms with Crippen LogP contribution in [0, 0.1) is 6.92 Å². The van der Waals surface area contributed by atoms with Gasteiger partial charge in [0, 0.05) is 26.2 Å². The quantitative estimate of drug-likeness (QED) is 0.831. The number of sulfonamides is 1. The Hall–Kier alpha value is -2.19. The second-order valence-corrected chi connectivity index (χ2v) is 6.68. The average molecular weight is 322 g/mol. The van der Waals surface area contributed by atoms with Crippen LogP contribution in [0.1, 0.15) is 12.0 Å². The maximum absolute atomic E-state index is 12.0. The number of hydrogen-bond donors (Lipinski definition) is 2. The van der Waals surface area contributed by atoms with E-state index in [1.54, 1.807) is 30.1 Å². The molecule has 0 radical (unpaired) electrons. The Morgan fingerprint density at radius 1 is 1.27 bits per heavy atom. The zero-order valence-electron chi connectivity index (χ0n) is 12.4. The molecule has 1 aromatic carbocycles. The van der Waals surface area contributed by atoms with Crippen LogP contribution in [-0.4, -0.2) is 30.7 Å². The lowest BCUT2D eigenvalue weighted by molar-refractivity contribution is -0.116. The van der Waals surface area contributed by atoms with E-state index < -0.39 is 10.0 Å². The molecule has 7 nitrogen and oxygen atoms in total. The third-order valence-corrected chi connectivity index (χ3v) is 4.44. The minimum atomic E-state index is -3.59. The molecule has 0 unspecified atom stereocenters. The van der Waals surface area contributed by atoms with Gasteiger partial charge in [0.2, 0.25) is 15.9 Å². The molecule has 0 atom stereocenters. The molecule has 118 valence electrons. The van der Waals surface area contributed by atoms with Gasteiger partial charge >= 0.3 is 0 Å². The van der Waals surface area contributed by atoms with Crippen molar-refractivity contribution < 1.29 is 13.2 Å². The highest BCUT2D eigenvalue weighted by Crippen LogP contribution is 2.10. The van der Waals surface area contributed by atoms with E-state index in [0.717, 1.165) is 5.56 Å². The third-order valence-electron chi connectivity index (χ3n) is 2.96. The van der Waals surface area contributed by atoms with Gasteiger partial charge in [-0.05, 0) is 19.1 Å². The average Bonchev–Trinajstić information content (AvgIpc) is 2.84. The van der Waals surface area contributed by atoms with Crippen molar-refractivity contribution in [1.82, 2.24) is 14.5 Å². The highest BCUT2D eigenvalue weighted by Gasteiger charge is 2.14. The van der Waals surface area contributed by atoms with Crippen LogP contribution < -0.4 is 10.0 Å². The van der Waals surface area contributed by atoms with Gasteiger partial charge in [-0.1, -0.05) is 17.7 Å². The third kappa shape index (κ3) is 4.40. The minimum Gasteiger partial charge on any atom is -0.323 e. The first-order chi connectivity index (χ1) is 10.4. The Bertz CT molecular complexity index is 751. The second kappa shape index (κ2) is 6.71. The fraction of sp³-hybridized carbons (Fsp3) is 0.286. The van der Waals surface area contributed by atoms with E-state index in [0.29, 0.717) is 5.69 Å². The number of aryl methyl sites for hydroxylation is 2. The Kier molecular flexibility index (Phi) is 4.94. The fourth-order valence-corrected chi connectivity index (χ4v) is 2.84. The summed E-state index contributed by atoms with van der Waals surface area (Å²) in [5, 5.41) is 6.57. The molecule has 0 saturated carbocycles. The van der Waals surface area contributed by atoms with Crippen molar-refractivity contribution in [2.24, 2.45) is 7.05 Å². The molecule has 2 N–H and O–H groups in total. The van der Waals surface area contributed by atoms with Gasteiger partial charge in [-0.15, -0.1) is 0 Å². The van der Waals surface area contributed by atoms with Gasteiger partial charge in [0.15, 0.2) is 0 Å². The lowest BCUT2D eigenvalue weighted by Crippen LogP contribution is -2.27. The smallest absolute Gasteiger partial charge is 0.240 e. The molecule has 1 amide bonds. The van der Waals surface area contributed by atoms with Crippen molar-refractivity contribution in [3.05, 3.63) is 42.2 Å². The standard InChI is InChI=1S/C14H18N4O3S/c1-11-3-5-13(6-4-11)22(20,21)16-8-7-14(19)17-12-9-15-18(2)10-12/h3-6,9-10,16H,7-8H2,1-2H3,(H,17,19). The van der Waals surface area contributed by atoms with E-state index in [2.05, 4.69) is 15.1 Å². The van der Waals surface area contributed by atoms with E-state index in [1.807, 2.05) is 6.92 Å². The number of carbonyl (C=O) groups is 1. The Labute approximate surface area is 129 Å². The summed E-state index contributed by atoms with van der Waals surface area (Å²) in [6.45, 7) is 1.91. The van der Waals surface area contributed by atoms with Gasteiger partial charge in [-0.3, -0.25) is 9.48 Å². The van der Waals surface area contributed by atoms with Gasteiger partial charge < -0.3 is 5.32 Å². The van der Waals surface area contributed by atoms with Crippen LogP contribution in [0.2, 0.25) is 0 Å². The van der Waals surface area contributed by atoms with Crippen molar-refractivity contribution in [3.63, 3.8) is 0 Å². The van der Waals surface area contributed by atoms with Gasteiger partial charge in [0.1, 0.15) is 0 Å². The number of nitrogens with zero attached hydrogens (tertiary/aromatic N) is 2. The molecule has 0 spiro atoms. The van der Waals surface area contributed by atoms with Crippen LogP contribution >= 0.6 is 0 Å². The lowest BCUT2D eigenvalue weighted by Gasteiger charge is -2.07. The topological polar surface area (TPSA) is 93.1 Å². The summed E-state index contributed by atoms with van der Waals surface area (Å²) < 4.78 is 28.0. The van der Waals surface area contributed by atoms with E-state index in [1.165, 1.54) is 18.3 Å². The van der Waals surface area contributed by atoms with Crippen LogP contribution in [0.15, 0.2) is 41.6 Å². The number of aromatic nitrogens is 2. The Morgan fingerprint density at radius 2 is 1.95 bits per heavy atom. The second-order valence-electron chi connectivity index (χ2n) is 4.91. The first-order valence-electron chi connectivity index (χ1n) is 6.72. The van der Waals surface area contributed by atoms with Crippen LogP contribution in [0.3, 0.4) is 0 Å². The predicted octanol–water partition coefficient (Wildman–Crippen LogP) is 1.04. The Balaban J connectivity index is 1.84. The molecule has 1 heterocycles. The molecule has 8 heteroatoms. The summed E-state index contributed by atoms with van der Waals surface area (Å²) in [5.41, 5.74) is 1.56. The molecular weight excluding hydrogens is 304 g/mol. The molecule has 0 aliphatic rings. The van der Waals surface area contributed by atoms with Crippen molar-refractivity contribution in [2.45, 2.75) is 18.2 Å². The van der Waals surface area contributed by atoms with Crippen LogP contribution in [0.25, 0.3) is 0 Å². The van der Waals surface area contributed by atoms with Gasteiger partial charge in [0.05, 0.1) is 16.8 Å². The number of amides is 1. The maximum atomic E-state index is 12.0. The van der Waals surface area contributed by atoms with E-state index in [4.69, 9.17) is 0 Å². The summed E-state index contributed by atoms with van der Waals surface area (Å²) in [6, 6.07) is 6.52. The molecule has 0 aliphatic heterocycles. The van der Waals surface area contributed by atoms with Crippen LogP contribution in [0.5, 0.6) is 0 Å². The molecule has 2 aromatic rings. The largest absolute Gasteiger partial charge is 0.323 e. The summed E-state index contributed by atoms with van der Waals surface area (Å²) in [6.07, 6.45) is 3.22. The number of carbonyl (C=O) groups excluding carboxylic acids is 1. The highest BCUT2D eigenvalue weighted by molar-refractivity contribution is 7.89. The van der Waals surface area contributed by atoms with E-state index >= 15 is 0 Å². The zero-order chi connectivity index (χ0) is 16.2. The molecule has 0 bridgehead atoms. The number of hydrogen-bond acceptors (Lipinski definition) is 4. The van der Waals surface area contributed by atoms with Gasteiger partial charge in [-0.2, -0.15) is 5.10 Å². The Morgan fingerprint density at radius 3 is 2.55 bits per heavy atom. The number of rotatable bonds is 6. The molecular formula is C14H18N4O3S. The van der Waals surface area contributed by atoms with Crippen molar-refractivity contribution in [3.8, 4) is 0 Å². The van der Waals surface area contributed by atoms with Crippen LogP contribution in [-0.2, 0) is 21.9 Å². The van der Waals surface area contributed by atoms with Crippen molar-refractivity contribution >= 4 is 21.6 Å². The van der Waals surface area contributed by atoms with E-state index in [9.17, 15) is 13.2 Å². The molecule has 0 saturated heterocycles. The van der Waals surface area contributed by atoms with Gasteiger partial charge in [0.25, 0.3) is 0 Å². The van der Waals surface area contributed by atoms with Crippen molar-refractivity contribution in [2.75, 3.05) is 11.9 Å². The number of anilines is 1. The molecule has 0 aliphatic carbocycles. The predicted molar refractivity (Wildman–Crippen MR) is 82.8 cm³/mol. The first-order valence-corrected chi connectivity index (χ1v) is 8.20.